The second-order valence-corrected chi connectivity index (χ2v) is 8.97. The molecule has 0 radical (unpaired) electrons. The Morgan fingerprint density at radius 3 is 2.36 bits per heavy atom. The number of hydrogen-bond acceptors (Lipinski definition) is 4. The van der Waals surface area contributed by atoms with Gasteiger partial charge in [0.1, 0.15) is 0 Å². The zero-order chi connectivity index (χ0) is 18.0. The Kier molecular flexibility index (Phi) is 5.72. The van der Waals surface area contributed by atoms with Crippen LogP contribution in [0.3, 0.4) is 0 Å². The SMILES string of the molecule is CN(C1CCCCC1)S(=O)(=O)N1CCN(C(=O)c2ccc(Cl)o2)CC1. The minimum atomic E-state index is -3.49. The van der Waals surface area contributed by atoms with E-state index in [1.165, 1.54) is 27.2 Å². The van der Waals surface area contributed by atoms with Gasteiger partial charge in [-0.1, -0.05) is 19.3 Å². The van der Waals surface area contributed by atoms with Gasteiger partial charge in [-0.15, -0.1) is 0 Å². The van der Waals surface area contributed by atoms with Crippen LogP contribution >= 0.6 is 11.6 Å². The van der Waals surface area contributed by atoms with E-state index < -0.39 is 10.2 Å². The highest BCUT2D eigenvalue weighted by Gasteiger charge is 2.35. The third kappa shape index (κ3) is 4.02. The maximum atomic E-state index is 12.8. The van der Waals surface area contributed by atoms with E-state index in [4.69, 9.17) is 16.0 Å². The molecule has 1 saturated heterocycles. The van der Waals surface area contributed by atoms with Gasteiger partial charge in [-0.25, -0.2) is 0 Å². The third-order valence-electron chi connectivity index (χ3n) is 5.09. The highest BCUT2D eigenvalue weighted by Crippen LogP contribution is 2.25. The molecule has 2 heterocycles. The molecule has 1 aliphatic carbocycles. The first kappa shape index (κ1) is 18.7. The van der Waals surface area contributed by atoms with Crippen LogP contribution in [-0.4, -0.2) is 67.1 Å². The first-order valence-corrected chi connectivity index (χ1v) is 10.4. The van der Waals surface area contributed by atoms with Gasteiger partial charge in [-0.2, -0.15) is 17.0 Å². The second kappa shape index (κ2) is 7.65. The summed E-state index contributed by atoms with van der Waals surface area (Å²) in [6.45, 7) is 1.27. The second-order valence-electron chi connectivity index (χ2n) is 6.61. The van der Waals surface area contributed by atoms with E-state index in [-0.39, 0.29) is 22.9 Å². The molecule has 0 spiro atoms. The molecule has 1 aromatic rings. The lowest BCUT2D eigenvalue weighted by Crippen LogP contribution is -2.55. The number of rotatable bonds is 4. The van der Waals surface area contributed by atoms with Crippen LogP contribution in [0.15, 0.2) is 16.5 Å². The molecule has 2 aliphatic rings. The molecule has 1 amide bonds. The number of piperazine rings is 1. The zero-order valence-electron chi connectivity index (χ0n) is 14.4. The van der Waals surface area contributed by atoms with Crippen molar-refractivity contribution in [2.75, 3.05) is 33.2 Å². The summed E-state index contributed by atoms with van der Waals surface area (Å²) < 4.78 is 33.8. The summed E-state index contributed by atoms with van der Waals surface area (Å²) in [7, 11) is -1.81. The van der Waals surface area contributed by atoms with Crippen LogP contribution in [0.4, 0.5) is 0 Å². The van der Waals surface area contributed by atoms with Crippen molar-refractivity contribution in [2.24, 2.45) is 0 Å². The van der Waals surface area contributed by atoms with Gasteiger partial charge < -0.3 is 9.32 Å². The summed E-state index contributed by atoms with van der Waals surface area (Å²) in [6, 6.07) is 3.14. The Hall–Kier alpha value is -1.09. The van der Waals surface area contributed by atoms with Gasteiger partial charge in [0.15, 0.2) is 11.0 Å². The van der Waals surface area contributed by atoms with Crippen molar-refractivity contribution in [2.45, 2.75) is 38.1 Å². The quantitative estimate of drug-likeness (QED) is 0.791. The van der Waals surface area contributed by atoms with Crippen LogP contribution in [0.25, 0.3) is 0 Å². The van der Waals surface area contributed by atoms with E-state index >= 15 is 0 Å². The molecule has 0 unspecified atom stereocenters. The van der Waals surface area contributed by atoms with Gasteiger partial charge in [0.2, 0.25) is 0 Å². The summed E-state index contributed by atoms with van der Waals surface area (Å²) in [5.41, 5.74) is 0. The molecular weight excluding hydrogens is 366 g/mol. The lowest BCUT2D eigenvalue weighted by molar-refractivity contribution is 0.0661. The minimum Gasteiger partial charge on any atom is -0.440 e. The highest BCUT2D eigenvalue weighted by atomic mass is 35.5. The Morgan fingerprint density at radius 1 is 1.16 bits per heavy atom. The fourth-order valence-corrected chi connectivity index (χ4v) is 5.24. The molecule has 2 fully saturated rings. The molecule has 9 heteroatoms. The average molecular weight is 390 g/mol. The first-order chi connectivity index (χ1) is 11.9. The summed E-state index contributed by atoms with van der Waals surface area (Å²) in [5.74, 6) is -0.0785. The van der Waals surface area contributed by atoms with E-state index in [1.807, 2.05) is 0 Å². The van der Waals surface area contributed by atoms with Gasteiger partial charge in [0, 0.05) is 39.3 Å². The van der Waals surface area contributed by atoms with Crippen molar-refractivity contribution in [3.63, 3.8) is 0 Å². The standard InChI is InChI=1S/C16H24ClN3O4S/c1-18(13-5-3-2-4-6-13)25(22,23)20-11-9-19(10-12-20)16(21)14-7-8-15(17)24-14/h7-8,13H,2-6,9-12H2,1H3. The monoisotopic (exact) mass is 389 g/mol. The van der Waals surface area contributed by atoms with Crippen LogP contribution in [0.1, 0.15) is 42.7 Å². The number of hydrogen-bond donors (Lipinski definition) is 0. The number of amides is 1. The van der Waals surface area contributed by atoms with Crippen molar-refractivity contribution < 1.29 is 17.6 Å². The number of furan rings is 1. The normalized spacial score (nSPS) is 21.0. The van der Waals surface area contributed by atoms with Gasteiger partial charge in [-0.05, 0) is 36.6 Å². The Morgan fingerprint density at radius 2 is 1.80 bits per heavy atom. The molecular formula is C16H24ClN3O4S. The molecule has 0 bridgehead atoms. The van der Waals surface area contributed by atoms with Crippen LogP contribution in [0.2, 0.25) is 5.22 Å². The van der Waals surface area contributed by atoms with Crippen molar-refractivity contribution >= 4 is 27.7 Å². The Bertz CT molecular complexity index is 707. The predicted octanol–water partition coefficient (Wildman–Crippen LogP) is 2.20. The fraction of sp³-hybridized carbons (Fsp3) is 0.688. The zero-order valence-corrected chi connectivity index (χ0v) is 15.9. The van der Waals surface area contributed by atoms with Gasteiger partial charge in [-0.3, -0.25) is 4.79 Å². The van der Waals surface area contributed by atoms with Gasteiger partial charge in [0.05, 0.1) is 0 Å². The van der Waals surface area contributed by atoms with E-state index in [9.17, 15) is 13.2 Å². The Labute approximate surface area is 153 Å². The number of nitrogens with zero attached hydrogens (tertiary/aromatic N) is 3. The molecule has 1 aromatic heterocycles. The van der Waals surface area contributed by atoms with E-state index in [0.29, 0.717) is 26.2 Å². The smallest absolute Gasteiger partial charge is 0.289 e. The molecule has 140 valence electrons. The third-order valence-corrected chi connectivity index (χ3v) is 7.34. The fourth-order valence-electron chi connectivity index (χ4n) is 3.52. The van der Waals surface area contributed by atoms with Crippen LogP contribution in [0, 0.1) is 0 Å². The summed E-state index contributed by atoms with van der Waals surface area (Å²) >= 11 is 5.70. The van der Waals surface area contributed by atoms with Crippen molar-refractivity contribution in [1.82, 2.24) is 13.5 Å². The maximum absolute atomic E-state index is 12.8. The molecule has 1 saturated carbocycles. The molecule has 0 atom stereocenters. The maximum Gasteiger partial charge on any atom is 0.289 e. The minimum absolute atomic E-state index is 0.0867. The highest BCUT2D eigenvalue weighted by molar-refractivity contribution is 7.86. The Balaban J connectivity index is 1.60. The molecule has 0 aromatic carbocycles. The van der Waals surface area contributed by atoms with Gasteiger partial charge in [0.25, 0.3) is 16.1 Å². The summed E-state index contributed by atoms with van der Waals surface area (Å²) in [6.07, 6.45) is 5.19. The number of halogens is 1. The van der Waals surface area contributed by atoms with E-state index in [2.05, 4.69) is 0 Å². The molecule has 0 N–H and O–H groups in total. The van der Waals surface area contributed by atoms with E-state index in [1.54, 1.807) is 11.9 Å². The molecule has 25 heavy (non-hydrogen) atoms. The van der Waals surface area contributed by atoms with Crippen LogP contribution in [0.5, 0.6) is 0 Å². The van der Waals surface area contributed by atoms with E-state index in [0.717, 1.165) is 25.7 Å². The predicted molar refractivity (Wildman–Crippen MR) is 94.8 cm³/mol. The molecule has 3 rings (SSSR count). The first-order valence-electron chi connectivity index (χ1n) is 8.67. The van der Waals surface area contributed by atoms with Crippen LogP contribution < -0.4 is 0 Å². The van der Waals surface area contributed by atoms with Crippen LogP contribution in [-0.2, 0) is 10.2 Å². The van der Waals surface area contributed by atoms with Crippen molar-refractivity contribution in [1.29, 1.82) is 0 Å². The molecule has 7 nitrogen and oxygen atoms in total. The average Bonchev–Trinajstić information content (AvgIpc) is 3.07. The molecule has 1 aliphatic heterocycles. The largest absolute Gasteiger partial charge is 0.440 e. The lowest BCUT2D eigenvalue weighted by atomic mass is 9.96. The van der Waals surface area contributed by atoms with Crippen molar-refractivity contribution in [3.05, 3.63) is 23.1 Å². The van der Waals surface area contributed by atoms with Gasteiger partial charge >= 0.3 is 0 Å². The summed E-state index contributed by atoms with van der Waals surface area (Å²) in [4.78, 5) is 13.9. The summed E-state index contributed by atoms with van der Waals surface area (Å²) in [5, 5.41) is 0.165. The topological polar surface area (TPSA) is 74.1 Å². The lowest BCUT2D eigenvalue weighted by Gasteiger charge is -2.38. The number of carbonyl (C=O) groups excluding carboxylic acids is 1. The van der Waals surface area contributed by atoms with Crippen molar-refractivity contribution in [3.8, 4) is 0 Å². The number of carbonyl (C=O) groups is 1.